The van der Waals surface area contributed by atoms with Gasteiger partial charge in [0.15, 0.2) is 11.6 Å². The van der Waals surface area contributed by atoms with E-state index in [-0.39, 0.29) is 11.2 Å². The van der Waals surface area contributed by atoms with E-state index in [4.69, 9.17) is 11.6 Å². The van der Waals surface area contributed by atoms with Gasteiger partial charge < -0.3 is 5.32 Å². The molecule has 1 rings (SSSR count). The van der Waals surface area contributed by atoms with E-state index >= 15 is 0 Å². The third kappa shape index (κ3) is 3.31. The summed E-state index contributed by atoms with van der Waals surface area (Å²) in [6, 6.07) is 1.37. The van der Waals surface area contributed by atoms with Crippen LogP contribution in [0.25, 0.3) is 0 Å². The number of halogens is 3. The van der Waals surface area contributed by atoms with Gasteiger partial charge in [0, 0.05) is 16.2 Å². The molecule has 1 unspecified atom stereocenters. The molecule has 0 fully saturated rings. The molecule has 0 saturated heterocycles. The molecule has 0 aliphatic heterocycles. The van der Waals surface area contributed by atoms with Crippen LogP contribution in [0, 0.1) is 5.82 Å². The van der Waals surface area contributed by atoms with E-state index in [1.54, 1.807) is 6.20 Å². The van der Waals surface area contributed by atoms with Crippen molar-refractivity contribution in [2.75, 3.05) is 5.32 Å². The number of hydrogen-bond acceptors (Lipinski definition) is 2. The Kier molecular flexibility index (Phi) is 3.95. The number of nitrogens with one attached hydrogen (secondary N) is 1. The van der Waals surface area contributed by atoms with Gasteiger partial charge in [0.05, 0.1) is 5.38 Å². The van der Waals surface area contributed by atoms with Gasteiger partial charge in [-0.25, -0.2) is 9.37 Å². The topological polar surface area (TPSA) is 24.9 Å². The summed E-state index contributed by atoms with van der Waals surface area (Å²) in [7, 11) is 0. The second kappa shape index (κ2) is 4.66. The lowest BCUT2D eigenvalue weighted by Crippen LogP contribution is -2.39. The lowest BCUT2D eigenvalue weighted by Gasteiger charge is -2.29. The van der Waals surface area contributed by atoms with Crippen molar-refractivity contribution in [3.8, 4) is 0 Å². The third-order valence-electron chi connectivity index (χ3n) is 2.24. The number of rotatable bonds is 3. The molecule has 1 N–H and O–H groups in total. The summed E-state index contributed by atoms with van der Waals surface area (Å²) in [5, 5.41) is 2.84. The smallest absolute Gasteiger partial charge is 0.166 e. The second-order valence-corrected chi connectivity index (χ2v) is 5.52. The monoisotopic (exact) mass is 294 g/mol. The van der Waals surface area contributed by atoms with Crippen molar-refractivity contribution in [2.24, 2.45) is 0 Å². The molecule has 0 radical (unpaired) electrons. The largest absolute Gasteiger partial charge is 0.361 e. The maximum absolute atomic E-state index is 13.4. The van der Waals surface area contributed by atoms with Crippen LogP contribution in [0.5, 0.6) is 0 Å². The van der Waals surface area contributed by atoms with E-state index in [0.29, 0.717) is 4.47 Å². The molecule has 0 aliphatic rings. The van der Waals surface area contributed by atoms with E-state index in [1.165, 1.54) is 6.07 Å². The number of alkyl halides is 1. The molecular formula is C10H13BrClFN2. The average molecular weight is 296 g/mol. The fourth-order valence-electron chi connectivity index (χ4n) is 0.911. The Morgan fingerprint density at radius 2 is 2.20 bits per heavy atom. The molecule has 1 aromatic rings. The average Bonchev–Trinajstić information content (AvgIpc) is 2.09. The third-order valence-corrected chi connectivity index (χ3v) is 3.22. The van der Waals surface area contributed by atoms with Crippen LogP contribution in [0.4, 0.5) is 10.2 Å². The Labute approximate surface area is 102 Å². The molecule has 0 spiro atoms. The molecular weight excluding hydrogens is 282 g/mol. The van der Waals surface area contributed by atoms with Crippen LogP contribution in [-0.2, 0) is 0 Å². The maximum atomic E-state index is 13.4. The van der Waals surface area contributed by atoms with Gasteiger partial charge in [-0.2, -0.15) is 0 Å². The summed E-state index contributed by atoms with van der Waals surface area (Å²) in [6.45, 7) is 5.65. The minimum absolute atomic E-state index is 0.137. The highest BCUT2D eigenvalue weighted by molar-refractivity contribution is 9.10. The maximum Gasteiger partial charge on any atom is 0.166 e. The van der Waals surface area contributed by atoms with Gasteiger partial charge in [-0.05, 0) is 42.8 Å². The Morgan fingerprint density at radius 3 is 2.67 bits per heavy atom. The number of aromatic nitrogens is 1. The van der Waals surface area contributed by atoms with Crippen LogP contribution >= 0.6 is 27.5 Å². The van der Waals surface area contributed by atoms with Crippen LogP contribution in [0.2, 0.25) is 0 Å². The summed E-state index contributed by atoms with van der Waals surface area (Å²) < 4.78 is 14.1. The van der Waals surface area contributed by atoms with Gasteiger partial charge in [0.25, 0.3) is 0 Å². The zero-order chi connectivity index (χ0) is 11.6. The number of hydrogen-bond donors (Lipinski definition) is 1. The molecule has 0 amide bonds. The Morgan fingerprint density at radius 1 is 1.60 bits per heavy atom. The van der Waals surface area contributed by atoms with Crippen molar-refractivity contribution in [1.29, 1.82) is 0 Å². The first-order valence-electron chi connectivity index (χ1n) is 4.56. The molecule has 15 heavy (non-hydrogen) atoms. The van der Waals surface area contributed by atoms with Gasteiger partial charge in [-0.3, -0.25) is 0 Å². The molecule has 5 heteroatoms. The van der Waals surface area contributed by atoms with Crippen molar-refractivity contribution < 1.29 is 4.39 Å². The lowest BCUT2D eigenvalue weighted by atomic mass is 10.0. The van der Waals surface area contributed by atoms with Crippen LogP contribution in [0.1, 0.15) is 20.8 Å². The molecule has 0 bridgehead atoms. The fraction of sp³-hybridized carbons (Fsp3) is 0.500. The first kappa shape index (κ1) is 12.7. The quantitative estimate of drug-likeness (QED) is 0.858. The van der Waals surface area contributed by atoms with Crippen LogP contribution in [-0.4, -0.2) is 15.9 Å². The summed E-state index contributed by atoms with van der Waals surface area (Å²) >= 11 is 9.13. The van der Waals surface area contributed by atoms with E-state index in [0.717, 1.165) is 0 Å². The van der Waals surface area contributed by atoms with Gasteiger partial charge in [-0.1, -0.05) is 0 Å². The van der Waals surface area contributed by atoms with Crippen molar-refractivity contribution in [3.63, 3.8) is 0 Å². The van der Waals surface area contributed by atoms with Crippen LogP contribution in [0.15, 0.2) is 16.7 Å². The van der Waals surface area contributed by atoms with Crippen LogP contribution in [0.3, 0.4) is 0 Å². The van der Waals surface area contributed by atoms with Gasteiger partial charge in [0.1, 0.15) is 0 Å². The van der Waals surface area contributed by atoms with E-state index in [9.17, 15) is 4.39 Å². The zero-order valence-corrected chi connectivity index (χ0v) is 11.2. The highest BCUT2D eigenvalue weighted by Gasteiger charge is 2.25. The summed E-state index contributed by atoms with van der Waals surface area (Å²) in [5.74, 6) is -0.175. The summed E-state index contributed by atoms with van der Waals surface area (Å²) in [5.41, 5.74) is -0.413. The molecule has 0 aliphatic carbocycles. The normalized spacial score (nSPS) is 13.7. The van der Waals surface area contributed by atoms with E-state index < -0.39 is 11.4 Å². The second-order valence-electron chi connectivity index (χ2n) is 3.95. The molecule has 1 atom stereocenters. The molecule has 1 heterocycles. The van der Waals surface area contributed by atoms with E-state index in [2.05, 4.69) is 26.2 Å². The first-order chi connectivity index (χ1) is 6.83. The minimum atomic E-state index is -0.413. The minimum Gasteiger partial charge on any atom is -0.361 e. The highest BCUT2D eigenvalue weighted by Crippen LogP contribution is 2.23. The van der Waals surface area contributed by atoms with Crippen molar-refractivity contribution >= 4 is 33.3 Å². The van der Waals surface area contributed by atoms with Gasteiger partial charge in [-0.15, -0.1) is 11.6 Å². The number of anilines is 1. The molecule has 0 saturated carbocycles. The van der Waals surface area contributed by atoms with Gasteiger partial charge >= 0.3 is 0 Å². The SMILES string of the molecule is CC(Cl)C(C)(C)Nc1ncc(Br)cc1F. The standard InChI is InChI=1S/C10H13BrClFN2/c1-6(12)10(2,3)15-9-8(13)4-7(11)5-14-9/h4-6H,1-3H3,(H,14,15). The number of nitrogens with zero attached hydrogens (tertiary/aromatic N) is 1. The Bertz CT molecular complexity index is 355. The highest BCUT2D eigenvalue weighted by atomic mass is 79.9. The predicted molar refractivity (Wildman–Crippen MR) is 64.9 cm³/mol. The summed E-state index contributed by atoms with van der Waals surface area (Å²) in [6.07, 6.45) is 1.54. The summed E-state index contributed by atoms with van der Waals surface area (Å²) in [4.78, 5) is 3.95. The zero-order valence-electron chi connectivity index (χ0n) is 8.81. The Hall–Kier alpha value is -0.350. The fourth-order valence-corrected chi connectivity index (χ4v) is 1.27. The van der Waals surface area contributed by atoms with Crippen molar-refractivity contribution in [2.45, 2.75) is 31.7 Å². The van der Waals surface area contributed by atoms with Gasteiger partial charge in [0.2, 0.25) is 0 Å². The first-order valence-corrected chi connectivity index (χ1v) is 5.79. The molecule has 1 aromatic heterocycles. The molecule has 84 valence electrons. The predicted octanol–water partition coefficient (Wildman–Crippen LogP) is 3.80. The molecule has 2 nitrogen and oxygen atoms in total. The number of pyridine rings is 1. The van der Waals surface area contributed by atoms with Crippen molar-refractivity contribution in [1.82, 2.24) is 4.98 Å². The lowest BCUT2D eigenvalue weighted by molar-refractivity contribution is 0.539. The van der Waals surface area contributed by atoms with Crippen molar-refractivity contribution in [3.05, 3.63) is 22.6 Å². The van der Waals surface area contributed by atoms with Crippen LogP contribution < -0.4 is 5.32 Å². The molecule has 0 aromatic carbocycles. The van der Waals surface area contributed by atoms with E-state index in [1.807, 2.05) is 20.8 Å². The Balaban J connectivity index is 2.90.